The molecule has 1 unspecified atom stereocenters. The van der Waals surface area contributed by atoms with Crippen molar-refractivity contribution in [3.05, 3.63) is 60.2 Å². The van der Waals surface area contributed by atoms with E-state index in [4.69, 9.17) is 4.42 Å². The molecule has 6 nitrogen and oxygen atoms in total. The van der Waals surface area contributed by atoms with E-state index in [2.05, 4.69) is 0 Å². The molecule has 0 aliphatic carbocycles. The van der Waals surface area contributed by atoms with Crippen molar-refractivity contribution in [1.82, 2.24) is 9.80 Å². The third-order valence-corrected chi connectivity index (χ3v) is 6.55. The van der Waals surface area contributed by atoms with Gasteiger partial charge in [-0.2, -0.15) is 0 Å². The Kier molecular flexibility index (Phi) is 5.99. The monoisotopic (exact) mass is 424 g/mol. The molecule has 1 aliphatic rings. The number of amides is 2. The summed E-state index contributed by atoms with van der Waals surface area (Å²) in [5, 5.41) is 1.04. The Morgan fingerprint density at radius 2 is 1.70 bits per heavy atom. The number of nitrogens with zero attached hydrogens (tertiary/aromatic N) is 2. The summed E-state index contributed by atoms with van der Waals surface area (Å²) in [4.78, 5) is 27.3. The number of benzene rings is 2. The second-order valence-electron chi connectivity index (χ2n) is 7.46. The average Bonchev–Trinajstić information content (AvgIpc) is 3.18. The molecule has 0 saturated carbocycles. The van der Waals surface area contributed by atoms with Crippen LogP contribution in [0.2, 0.25) is 0 Å². The van der Waals surface area contributed by atoms with Gasteiger partial charge in [-0.3, -0.25) is 13.8 Å². The summed E-state index contributed by atoms with van der Waals surface area (Å²) in [7, 11) is -1.30. The van der Waals surface area contributed by atoms with Crippen LogP contribution < -0.4 is 0 Å². The lowest BCUT2D eigenvalue weighted by atomic mass is 10.1. The Bertz CT molecular complexity index is 1070. The van der Waals surface area contributed by atoms with Crippen LogP contribution >= 0.6 is 0 Å². The van der Waals surface area contributed by atoms with Crippen LogP contribution in [0, 0.1) is 0 Å². The number of hydrogen-bond acceptors (Lipinski definition) is 4. The van der Waals surface area contributed by atoms with E-state index >= 15 is 0 Å². The van der Waals surface area contributed by atoms with Crippen molar-refractivity contribution in [3.63, 3.8) is 0 Å². The lowest BCUT2D eigenvalue weighted by Gasteiger charge is -2.34. The van der Waals surface area contributed by atoms with Crippen molar-refractivity contribution in [3.8, 4) is 11.3 Å². The third-order valence-electron chi connectivity index (χ3n) is 5.33. The molecule has 0 spiro atoms. The zero-order chi connectivity index (χ0) is 21.1. The van der Waals surface area contributed by atoms with Gasteiger partial charge in [-0.15, -0.1) is 0 Å². The summed E-state index contributed by atoms with van der Waals surface area (Å²) in [6, 6.07) is 17.6. The van der Waals surface area contributed by atoms with E-state index in [1.165, 1.54) is 6.92 Å². The molecule has 1 aliphatic heterocycles. The minimum Gasteiger partial charge on any atom is -0.456 e. The maximum absolute atomic E-state index is 12.6. The number of furan rings is 1. The molecule has 156 valence electrons. The summed E-state index contributed by atoms with van der Waals surface area (Å²) in [6.07, 6.45) is 0. The molecule has 4 rings (SSSR count). The summed E-state index contributed by atoms with van der Waals surface area (Å²) >= 11 is 0. The van der Waals surface area contributed by atoms with Crippen molar-refractivity contribution in [2.75, 3.05) is 31.9 Å². The van der Waals surface area contributed by atoms with Gasteiger partial charge < -0.3 is 14.2 Å². The quantitative estimate of drug-likeness (QED) is 0.631. The van der Waals surface area contributed by atoms with Crippen LogP contribution in [-0.2, 0) is 26.1 Å². The van der Waals surface area contributed by atoms with E-state index in [0.29, 0.717) is 31.9 Å². The van der Waals surface area contributed by atoms with Gasteiger partial charge in [-0.25, -0.2) is 0 Å². The molecule has 1 atom stereocenters. The van der Waals surface area contributed by atoms with Crippen LogP contribution in [0.5, 0.6) is 0 Å². The molecule has 0 radical (unpaired) electrons. The van der Waals surface area contributed by atoms with Gasteiger partial charge in [0, 0.05) is 60.6 Å². The molecular weight excluding hydrogens is 400 g/mol. The standard InChI is InChI=1S/C23H24N2O4S/c1-17(26)24-9-11-25(12-10-24)23(27)16-30(28)15-18-5-4-7-19(13-18)22-14-20-6-2-3-8-21(20)29-22/h2-8,13-14H,9-12,15-16H2,1H3. The largest absolute Gasteiger partial charge is 0.456 e. The summed E-state index contributed by atoms with van der Waals surface area (Å²) in [6.45, 7) is 3.60. The van der Waals surface area contributed by atoms with E-state index in [0.717, 1.165) is 27.9 Å². The van der Waals surface area contributed by atoms with Gasteiger partial charge in [0.2, 0.25) is 11.8 Å². The summed E-state index contributed by atoms with van der Waals surface area (Å²) < 4.78 is 18.5. The first kappa shape index (κ1) is 20.3. The number of hydrogen-bond donors (Lipinski definition) is 0. The average molecular weight is 425 g/mol. The molecule has 2 amide bonds. The summed E-state index contributed by atoms with van der Waals surface area (Å²) in [5.74, 6) is 0.977. The highest BCUT2D eigenvalue weighted by molar-refractivity contribution is 7.84. The minimum atomic E-state index is -1.30. The van der Waals surface area contributed by atoms with Crippen molar-refractivity contribution in [2.24, 2.45) is 0 Å². The molecule has 30 heavy (non-hydrogen) atoms. The van der Waals surface area contributed by atoms with E-state index in [9.17, 15) is 13.8 Å². The zero-order valence-electron chi connectivity index (χ0n) is 16.9. The van der Waals surface area contributed by atoms with Crippen LogP contribution in [-0.4, -0.2) is 57.8 Å². The van der Waals surface area contributed by atoms with E-state index in [1.807, 2.05) is 54.6 Å². The highest BCUT2D eigenvalue weighted by Gasteiger charge is 2.23. The summed E-state index contributed by atoms with van der Waals surface area (Å²) in [5.41, 5.74) is 2.66. The van der Waals surface area contributed by atoms with Gasteiger partial charge in [0.1, 0.15) is 17.1 Å². The second-order valence-corrected chi connectivity index (χ2v) is 8.92. The predicted molar refractivity (Wildman–Crippen MR) is 117 cm³/mol. The van der Waals surface area contributed by atoms with Gasteiger partial charge in [-0.1, -0.05) is 36.4 Å². The van der Waals surface area contributed by atoms with Crippen LogP contribution in [0.4, 0.5) is 0 Å². The van der Waals surface area contributed by atoms with Crippen LogP contribution in [0.15, 0.2) is 59.0 Å². The Balaban J connectivity index is 1.37. The maximum atomic E-state index is 12.6. The first-order valence-electron chi connectivity index (χ1n) is 9.96. The molecule has 7 heteroatoms. The van der Waals surface area contributed by atoms with Crippen molar-refractivity contribution in [2.45, 2.75) is 12.7 Å². The number of rotatable bonds is 5. The SMILES string of the molecule is CC(=O)N1CCN(C(=O)CS(=O)Cc2cccc(-c3cc4ccccc4o3)c2)CC1. The fourth-order valence-electron chi connectivity index (χ4n) is 3.68. The smallest absolute Gasteiger partial charge is 0.235 e. The molecule has 3 aromatic rings. The zero-order valence-corrected chi connectivity index (χ0v) is 17.7. The molecular formula is C23H24N2O4S. The fraction of sp³-hybridized carbons (Fsp3) is 0.304. The Labute approximate surface area is 177 Å². The number of fused-ring (bicyclic) bond motifs is 1. The normalized spacial score (nSPS) is 15.4. The van der Waals surface area contributed by atoms with Gasteiger partial charge in [-0.05, 0) is 23.8 Å². The Morgan fingerprint density at radius 3 is 2.43 bits per heavy atom. The van der Waals surface area contributed by atoms with Crippen LogP contribution in [0.3, 0.4) is 0 Å². The van der Waals surface area contributed by atoms with Crippen molar-refractivity contribution in [1.29, 1.82) is 0 Å². The van der Waals surface area contributed by atoms with Gasteiger partial charge in [0.25, 0.3) is 0 Å². The maximum Gasteiger partial charge on any atom is 0.235 e. The number of carbonyl (C=O) groups is 2. The Morgan fingerprint density at radius 1 is 0.967 bits per heavy atom. The fourth-order valence-corrected chi connectivity index (χ4v) is 4.79. The van der Waals surface area contributed by atoms with Crippen molar-refractivity contribution < 1.29 is 18.2 Å². The number of piperazine rings is 1. The lowest BCUT2D eigenvalue weighted by Crippen LogP contribution is -2.51. The molecule has 2 aromatic carbocycles. The predicted octanol–water partition coefficient (Wildman–Crippen LogP) is 3.04. The highest BCUT2D eigenvalue weighted by Crippen LogP contribution is 2.28. The molecule has 1 saturated heterocycles. The molecule has 0 N–H and O–H groups in total. The van der Waals surface area contributed by atoms with Gasteiger partial charge >= 0.3 is 0 Å². The molecule has 0 bridgehead atoms. The van der Waals surface area contributed by atoms with E-state index < -0.39 is 10.8 Å². The highest BCUT2D eigenvalue weighted by atomic mass is 32.2. The molecule has 1 aromatic heterocycles. The number of carbonyl (C=O) groups excluding carboxylic acids is 2. The van der Waals surface area contributed by atoms with Crippen LogP contribution in [0.25, 0.3) is 22.3 Å². The van der Waals surface area contributed by atoms with Gasteiger partial charge in [0.05, 0.1) is 0 Å². The topological polar surface area (TPSA) is 70.8 Å². The Hall–Kier alpha value is -2.93. The van der Waals surface area contributed by atoms with Crippen LogP contribution in [0.1, 0.15) is 12.5 Å². The van der Waals surface area contributed by atoms with Gasteiger partial charge in [0.15, 0.2) is 0 Å². The minimum absolute atomic E-state index is 0.00502. The van der Waals surface area contributed by atoms with E-state index in [1.54, 1.807) is 9.80 Å². The second kappa shape index (κ2) is 8.83. The first-order valence-corrected chi connectivity index (χ1v) is 11.4. The first-order chi connectivity index (χ1) is 14.5. The third kappa shape index (κ3) is 4.62. The lowest BCUT2D eigenvalue weighted by molar-refractivity contribution is -0.136. The molecule has 2 heterocycles. The van der Waals surface area contributed by atoms with E-state index in [-0.39, 0.29) is 17.6 Å². The van der Waals surface area contributed by atoms with Crippen molar-refractivity contribution >= 4 is 33.6 Å². The molecule has 1 fully saturated rings. The number of para-hydroxylation sites is 1.